The molecule has 2 aliphatic heterocycles. The van der Waals surface area contributed by atoms with E-state index >= 15 is 0 Å². The fourth-order valence-corrected chi connectivity index (χ4v) is 4.60. The lowest BCUT2D eigenvalue weighted by Crippen LogP contribution is -2.42. The van der Waals surface area contributed by atoms with Gasteiger partial charge in [0, 0.05) is 30.9 Å². The van der Waals surface area contributed by atoms with Crippen molar-refractivity contribution in [2.75, 3.05) is 24.5 Å². The fourth-order valence-electron chi connectivity index (χ4n) is 4.60. The zero-order valence-corrected chi connectivity index (χ0v) is 17.3. The van der Waals surface area contributed by atoms with Crippen molar-refractivity contribution in [3.05, 3.63) is 41.5 Å². The largest absolute Gasteiger partial charge is 0.372 e. The number of aromatic nitrogens is 3. The summed E-state index contributed by atoms with van der Waals surface area (Å²) in [5.74, 6) is 2.48. The van der Waals surface area contributed by atoms with Gasteiger partial charge in [-0.15, -0.1) is 10.2 Å². The number of piperidine rings is 1. The van der Waals surface area contributed by atoms with Gasteiger partial charge in [0.1, 0.15) is 5.82 Å². The van der Waals surface area contributed by atoms with Gasteiger partial charge in [-0.2, -0.15) is 0 Å². The molecule has 0 radical (unpaired) electrons. The number of fused-ring (bicyclic) bond motifs is 1. The summed E-state index contributed by atoms with van der Waals surface area (Å²) in [6, 6.07) is 8.40. The van der Waals surface area contributed by atoms with E-state index in [0.717, 1.165) is 43.3 Å². The summed E-state index contributed by atoms with van der Waals surface area (Å²) in [6.45, 7) is 9.93. The van der Waals surface area contributed by atoms with E-state index in [2.05, 4.69) is 45.6 Å². The number of anilines is 1. The molecule has 6 heteroatoms. The van der Waals surface area contributed by atoms with Crippen LogP contribution in [-0.4, -0.2) is 45.2 Å². The molecule has 1 aromatic carbocycles. The Morgan fingerprint density at radius 3 is 2.50 bits per heavy atom. The third kappa shape index (κ3) is 3.77. The SMILES string of the molecule is Cc1nnc2n1[C@@H](CC(C)C)CN(C(=O)c1ccc(N3CCCCC3)cc1)C2. The molecule has 1 saturated heterocycles. The molecule has 1 atom stereocenters. The minimum atomic E-state index is 0.0888. The predicted octanol–water partition coefficient (Wildman–Crippen LogP) is 3.82. The van der Waals surface area contributed by atoms with Gasteiger partial charge in [-0.25, -0.2) is 0 Å². The third-order valence-electron chi connectivity index (χ3n) is 5.93. The molecule has 1 aromatic heterocycles. The minimum absolute atomic E-state index is 0.0888. The molecule has 150 valence electrons. The molecule has 2 aliphatic rings. The first-order chi connectivity index (χ1) is 13.5. The Bertz CT molecular complexity index is 820. The molecule has 1 amide bonds. The molecule has 0 saturated carbocycles. The lowest BCUT2D eigenvalue weighted by molar-refractivity contribution is 0.0660. The minimum Gasteiger partial charge on any atom is -0.372 e. The maximum absolute atomic E-state index is 13.2. The molecular weight excluding hydrogens is 350 g/mol. The smallest absolute Gasteiger partial charge is 0.254 e. The molecule has 4 rings (SSSR count). The monoisotopic (exact) mass is 381 g/mol. The topological polar surface area (TPSA) is 54.3 Å². The molecular formula is C22H31N5O. The molecule has 0 unspecified atom stereocenters. The van der Waals surface area contributed by atoms with Crippen molar-refractivity contribution in [2.45, 2.75) is 59.0 Å². The summed E-state index contributed by atoms with van der Waals surface area (Å²) in [6.07, 6.45) is 4.85. The van der Waals surface area contributed by atoms with Crippen molar-refractivity contribution >= 4 is 11.6 Å². The lowest BCUT2D eigenvalue weighted by Gasteiger charge is -2.35. The van der Waals surface area contributed by atoms with Gasteiger partial charge in [-0.3, -0.25) is 4.79 Å². The quantitative estimate of drug-likeness (QED) is 0.808. The van der Waals surface area contributed by atoms with E-state index in [4.69, 9.17) is 0 Å². The van der Waals surface area contributed by atoms with Gasteiger partial charge in [0.05, 0.1) is 12.6 Å². The Balaban J connectivity index is 1.51. The Morgan fingerprint density at radius 2 is 1.82 bits per heavy atom. The lowest BCUT2D eigenvalue weighted by atomic mass is 10.0. The second kappa shape index (κ2) is 7.94. The van der Waals surface area contributed by atoms with Crippen molar-refractivity contribution in [3.8, 4) is 0 Å². The van der Waals surface area contributed by atoms with E-state index in [-0.39, 0.29) is 11.9 Å². The van der Waals surface area contributed by atoms with Gasteiger partial charge in [0.2, 0.25) is 0 Å². The maximum atomic E-state index is 13.2. The predicted molar refractivity (Wildman–Crippen MR) is 110 cm³/mol. The van der Waals surface area contributed by atoms with Gasteiger partial charge >= 0.3 is 0 Å². The van der Waals surface area contributed by atoms with Gasteiger partial charge in [-0.05, 0) is 62.8 Å². The molecule has 1 fully saturated rings. The first-order valence-electron chi connectivity index (χ1n) is 10.6. The van der Waals surface area contributed by atoms with E-state index in [0.29, 0.717) is 12.5 Å². The second-order valence-electron chi connectivity index (χ2n) is 8.60. The summed E-state index contributed by atoms with van der Waals surface area (Å²) >= 11 is 0. The number of hydrogen-bond acceptors (Lipinski definition) is 4. The Hall–Kier alpha value is -2.37. The van der Waals surface area contributed by atoms with Gasteiger partial charge in [0.15, 0.2) is 5.82 Å². The van der Waals surface area contributed by atoms with Gasteiger partial charge < -0.3 is 14.4 Å². The molecule has 28 heavy (non-hydrogen) atoms. The van der Waals surface area contributed by atoms with Crippen molar-refractivity contribution in [1.29, 1.82) is 0 Å². The number of aryl methyl sites for hydroxylation is 1. The number of rotatable bonds is 4. The van der Waals surface area contributed by atoms with E-state index in [1.165, 1.54) is 24.9 Å². The van der Waals surface area contributed by atoms with Crippen LogP contribution in [0.1, 0.15) is 67.6 Å². The Kier molecular flexibility index (Phi) is 5.38. The van der Waals surface area contributed by atoms with Crippen LogP contribution in [0.15, 0.2) is 24.3 Å². The van der Waals surface area contributed by atoms with Gasteiger partial charge in [-0.1, -0.05) is 13.8 Å². The van der Waals surface area contributed by atoms with E-state index < -0.39 is 0 Å². The van der Waals surface area contributed by atoms with Crippen LogP contribution in [0.25, 0.3) is 0 Å². The highest BCUT2D eigenvalue weighted by Crippen LogP contribution is 2.28. The number of benzene rings is 1. The standard InChI is InChI=1S/C22H31N5O/c1-16(2)13-20-14-26(15-21-24-23-17(3)27(20)21)22(28)18-7-9-19(10-8-18)25-11-5-4-6-12-25/h7-10,16,20H,4-6,11-15H2,1-3H3/t20-/m0/s1. The Labute approximate surface area is 167 Å². The van der Waals surface area contributed by atoms with Crippen molar-refractivity contribution in [1.82, 2.24) is 19.7 Å². The summed E-state index contributed by atoms with van der Waals surface area (Å²) in [5, 5.41) is 8.58. The van der Waals surface area contributed by atoms with Crippen molar-refractivity contribution in [3.63, 3.8) is 0 Å². The van der Waals surface area contributed by atoms with Crippen LogP contribution in [0.3, 0.4) is 0 Å². The molecule has 0 aliphatic carbocycles. The third-order valence-corrected chi connectivity index (χ3v) is 5.93. The van der Waals surface area contributed by atoms with Crippen LogP contribution in [0.4, 0.5) is 5.69 Å². The summed E-state index contributed by atoms with van der Waals surface area (Å²) in [4.78, 5) is 17.5. The maximum Gasteiger partial charge on any atom is 0.254 e. The van der Waals surface area contributed by atoms with E-state index in [1.807, 2.05) is 24.0 Å². The fraction of sp³-hybridized carbons (Fsp3) is 0.591. The van der Waals surface area contributed by atoms with E-state index in [1.54, 1.807) is 0 Å². The van der Waals surface area contributed by atoms with E-state index in [9.17, 15) is 4.79 Å². The number of carbonyl (C=O) groups is 1. The van der Waals surface area contributed by atoms with Crippen LogP contribution in [0.5, 0.6) is 0 Å². The summed E-state index contributed by atoms with van der Waals surface area (Å²) in [7, 11) is 0. The van der Waals surface area contributed by atoms with Crippen LogP contribution in [-0.2, 0) is 6.54 Å². The number of carbonyl (C=O) groups excluding carboxylic acids is 1. The number of amides is 1. The first-order valence-corrected chi connectivity index (χ1v) is 10.6. The van der Waals surface area contributed by atoms with Crippen LogP contribution < -0.4 is 4.90 Å². The highest BCUT2D eigenvalue weighted by atomic mass is 16.2. The average Bonchev–Trinajstić information content (AvgIpc) is 3.09. The first kappa shape index (κ1) is 19.0. The van der Waals surface area contributed by atoms with Crippen LogP contribution in [0, 0.1) is 12.8 Å². The number of hydrogen-bond donors (Lipinski definition) is 0. The summed E-state index contributed by atoms with van der Waals surface area (Å²) < 4.78 is 2.23. The summed E-state index contributed by atoms with van der Waals surface area (Å²) in [5.41, 5.74) is 1.98. The Morgan fingerprint density at radius 1 is 1.11 bits per heavy atom. The molecule has 2 aromatic rings. The zero-order chi connectivity index (χ0) is 19.7. The zero-order valence-electron chi connectivity index (χ0n) is 17.3. The number of nitrogens with zero attached hydrogens (tertiary/aromatic N) is 5. The normalized spacial score (nSPS) is 19.8. The molecule has 3 heterocycles. The average molecular weight is 382 g/mol. The van der Waals surface area contributed by atoms with Gasteiger partial charge in [0.25, 0.3) is 5.91 Å². The molecule has 0 spiro atoms. The van der Waals surface area contributed by atoms with Crippen molar-refractivity contribution in [2.24, 2.45) is 5.92 Å². The second-order valence-corrected chi connectivity index (χ2v) is 8.60. The highest BCUT2D eigenvalue weighted by molar-refractivity contribution is 5.94. The van der Waals surface area contributed by atoms with Crippen molar-refractivity contribution < 1.29 is 4.79 Å². The molecule has 0 N–H and O–H groups in total. The molecule has 6 nitrogen and oxygen atoms in total. The van der Waals surface area contributed by atoms with Crippen LogP contribution >= 0.6 is 0 Å². The molecule has 0 bridgehead atoms. The van der Waals surface area contributed by atoms with Crippen LogP contribution in [0.2, 0.25) is 0 Å². The highest BCUT2D eigenvalue weighted by Gasteiger charge is 2.31.